The van der Waals surface area contributed by atoms with Gasteiger partial charge >= 0.3 is 5.69 Å². The maximum absolute atomic E-state index is 13.2. The summed E-state index contributed by atoms with van der Waals surface area (Å²) in [6.07, 6.45) is -1.31. The summed E-state index contributed by atoms with van der Waals surface area (Å²) in [5.74, 6) is -1.13. The number of nitrogens with zero attached hydrogens (tertiary/aromatic N) is 1. The highest BCUT2D eigenvalue weighted by molar-refractivity contribution is 5.02. The number of hydrogen-bond acceptors (Lipinski definition) is 5. The number of aliphatic hydroxyl groups excluding tert-OH is 2. The quantitative estimate of drug-likeness (QED) is 0.578. The Morgan fingerprint density at radius 1 is 1.67 bits per heavy atom. The molecule has 1 fully saturated rings. The summed E-state index contributed by atoms with van der Waals surface area (Å²) in [4.78, 5) is 24.4. The van der Waals surface area contributed by atoms with Gasteiger partial charge in [-0.1, -0.05) is 0 Å². The van der Waals surface area contributed by atoms with E-state index in [1.54, 1.807) is 0 Å². The molecular weight excluding hydrogens is 247 g/mol. The van der Waals surface area contributed by atoms with Crippen molar-refractivity contribution in [3.8, 4) is 0 Å². The highest BCUT2D eigenvalue weighted by atomic mass is 19.1. The molecule has 2 rings (SSSR count). The molecule has 0 aromatic carbocycles. The fourth-order valence-corrected chi connectivity index (χ4v) is 2.04. The molecule has 3 unspecified atom stereocenters. The molecule has 18 heavy (non-hydrogen) atoms. The van der Waals surface area contributed by atoms with Crippen molar-refractivity contribution in [2.75, 3.05) is 13.2 Å². The van der Waals surface area contributed by atoms with Gasteiger partial charge in [-0.05, 0) is 6.92 Å². The predicted molar refractivity (Wildman–Crippen MR) is 57.8 cm³/mol. The molecule has 8 heteroatoms. The summed E-state index contributed by atoms with van der Waals surface area (Å²) >= 11 is 0. The van der Waals surface area contributed by atoms with Crippen LogP contribution in [0.3, 0.4) is 0 Å². The topological polar surface area (TPSA) is 105 Å². The first-order valence-electron chi connectivity index (χ1n) is 5.32. The summed E-state index contributed by atoms with van der Waals surface area (Å²) in [7, 11) is 0. The zero-order valence-electron chi connectivity index (χ0n) is 9.59. The van der Waals surface area contributed by atoms with Gasteiger partial charge in [0.1, 0.15) is 12.2 Å². The second kappa shape index (κ2) is 4.30. The first-order chi connectivity index (χ1) is 8.40. The maximum Gasteiger partial charge on any atom is 0.329 e. The van der Waals surface area contributed by atoms with E-state index in [2.05, 4.69) is 0 Å². The molecular formula is C10H13FN2O5. The Hall–Kier alpha value is -1.51. The van der Waals surface area contributed by atoms with Crippen LogP contribution in [0, 0.1) is 5.82 Å². The van der Waals surface area contributed by atoms with Gasteiger partial charge in [0.2, 0.25) is 5.82 Å². The van der Waals surface area contributed by atoms with Crippen molar-refractivity contribution in [3.63, 3.8) is 0 Å². The summed E-state index contributed by atoms with van der Waals surface area (Å²) in [6, 6.07) is 0. The van der Waals surface area contributed by atoms with Crippen molar-refractivity contribution in [1.82, 2.24) is 9.55 Å². The van der Waals surface area contributed by atoms with Gasteiger partial charge in [-0.3, -0.25) is 14.3 Å². The number of aromatic amines is 1. The number of rotatable bonds is 2. The molecule has 0 amide bonds. The second-order valence-corrected chi connectivity index (χ2v) is 4.44. The van der Waals surface area contributed by atoms with Gasteiger partial charge < -0.3 is 14.9 Å². The van der Waals surface area contributed by atoms with E-state index in [4.69, 9.17) is 9.84 Å². The van der Waals surface area contributed by atoms with Crippen LogP contribution < -0.4 is 11.2 Å². The zero-order valence-corrected chi connectivity index (χ0v) is 9.59. The predicted octanol–water partition coefficient (Wildman–Crippen LogP) is -1.86. The molecule has 0 spiro atoms. The molecule has 1 saturated heterocycles. The van der Waals surface area contributed by atoms with E-state index in [9.17, 15) is 19.1 Å². The van der Waals surface area contributed by atoms with Crippen molar-refractivity contribution in [3.05, 3.63) is 32.9 Å². The number of halogens is 1. The van der Waals surface area contributed by atoms with Crippen LogP contribution in [-0.2, 0) is 10.3 Å². The summed E-state index contributed by atoms with van der Waals surface area (Å²) < 4.78 is 19.2. The molecule has 1 aliphatic heterocycles. The van der Waals surface area contributed by atoms with Gasteiger partial charge in [0.15, 0.2) is 0 Å². The van der Waals surface area contributed by atoms with Gasteiger partial charge in [0.25, 0.3) is 5.56 Å². The molecule has 7 nitrogen and oxygen atoms in total. The highest BCUT2D eigenvalue weighted by Crippen LogP contribution is 2.30. The Labute approximate surface area is 100 Å². The minimum Gasteiger partial charge on any atom is -0.394 e. The minimum atomic E-state index is -1.24. The van der Waals surface area contributed by atoms with Crippen LogP contribution >= 0.6 is 0 Å². The number of hydrogen-bond donors (Lipinski definition) is 3. The zero-order chi connectivity index (χ0) is 13.5. The van der Waals surface area contributed by atoms with E-state index in [1.165, 1.54) is 6.92 Å². The van der Waals surface area contributed by atoms with Crippen molar-refractivity contribution in [2.24, 2.45) is 0 Å². The van der Waals surface area contributed by atoms with Crippen LogP contribution in [-0.4, -0.2) is 45.2 Å². The fraction of sp³-hybridized carbons (Fsp3) is 0.600. The molecule has 0 saturated carbocycles. The molecule has 1 aromatic heterocycles. The fourth-order valence-electron chi connectivity index (χ4n) is 2.04. The second-order valence-electron chi connectivity index (χ2n) is 4.44. The lowest BCUT2D eigenvalue weighted by Gasteiger charge is -2.29. The molecule has 0 radical (unpaired) electrons. The van der Waals surface area contributed by atoms with E-state index < -0.39 is 41.4 Å². The van der Waals surface area contributed by atoms with Gasteiger partial charge in [-0.2, -0.15) is 4.39 Å². The van der Waals surface area contributed by atoms with Crippen molar-refractivity contribution >= 4 is 0 Å². The van der Waals surface area contributed by atoms with Crippen molar-refractivity contribution < 1.29 is 19.3 Å². The SMILES string of the molecule is CC1(n2cc(F)c(=O)[nH]c2=O)COC(CO)C1O. The maximum atomic E-state index is 13.2. The van der Waals surface area contributed by atoms with Gasteiger partial charge in [-0.25, -0.2) is 4.79 Å². The smallest absolute Gasteiger partial charge is 0.329 e. The minimum absolute atomic E-state index is 0.0786. The average Bonchev–Trinajstić information content (AvgIpc) is 2.61. The summed E-state index contributed by atoms with van der Waals surface area (Å²) in [5, 5.41) is 19.0. The van der Waals surface area contributed by atoms with E-state index in [0.717, 1.165) is 10.8 Å². The van der Waals surface area contributed by atoms with Crippen LogP contribution in [0.15, 0.2) is 15.8 Å². The van der Waals surface area contributed by atoms with Crippen LogP contribution in [0.2, 0.25) is 0 Å². The molecule has 0 aliphatic carbocycles. The normalized spacial score (nSPS) is 31.8. The molecule has 3 atom stereocenters. The van der Waals surface area contributed by atoms with Crippen LogP contribution in [0.25, 0.3) is 0 Å². The van der Waals surface area contributed by atoms with Crippen LogP contribution in [0.4, 0.5) is 4.39 Å². The average molecular weight is 260 g/mol. The van der Waals surface area contributed by atoms with Crippen LogP contribution in [0.1, 0.15) is 6.92 Å². The Morgan fingerprint density at radius 2 is 2.33 bits per heavy atom. The van der Waals surface area contributed by atoms with Crippen LogP contribution in [0.5, 0.6) is 0 Å². The lowest BCUT2D eigenvalue weighted by molar-refractivity contribution is -0.00361. The van der Waals surface area contributed by atoms with Crippen molar-refractivity contribution in [1.29, 1.82) is 0 Å². The number of nitrogens with one attached hydrogen (secondary N) is 1. The first-order valence-corrected chi connectivity index (χ1v) is 5.32. The van der Waals surface area contributed by atoms with Gasteiger partial charge in [0, 0.05) is 0 Å². The third-order valence-corrected chi connectivity index (χ3v) is 3.21. The monoisotopic (exact) mass is 260 g/mol. The van der Waals surface area contributed by atoms with E-state index >= 15 is 0 Å². The molecule has 2 heterocycles. The lowest BCUT2D eigenvalue weighted by atomic mass is 9.94. The first kappa shape index (κ1) is 12.9. The van der Waals surface area contributed by atoms with Gasteiger partial charge in [-0.15, -0.1) is 0 Å². The Balaban J connectivity index is 2.52. The number of aromatic nitrogens is 2. The third-order valence-electron chi connectivity index (χ3n) is 3.21. The molecule has 1 aliphatic rings. The number of ether oxygens (including phenoxy) is 1. The number of H-pyrrole nitrogens is 1. The third kappa shape index (κ3) is 1.78. The van der Waals surface area contributed by atoms with E-state index in [1.807, 2.05) is 4.98 Å². The Kier molecular flexibility index (Phi) is 3.09. The summed E-state index contributed by atoms with van der Waals surface area (Å²) in [5.41, 5.74) is -3.20. The Bertz CT molecular complexity index is 568. The molecule has 1 aromatic rings. The standard InChI is InChI=1S/C10H13FN2O5/c1-10(4-18-6(3-14)7(10)15)13-2-5(11)8(16)12-9(13)17/h2,6-7,14-15H,3-4H2,1H3,(H,12,16,17). The highest BCUT2D eigenvalue weighted by Gasteiger charge is 2.47. The largest absolute Gasteiger partial charge is 0.394 e. The van der Waals surface area contributed by atoms with Gasteiger partial charge in [0.05, 0.1) is 24.9 Å². The Morgan fingerprint density at radius 3 is 2.89 bits per heavy atom. The molecule has 100 valence electrons. The molecule has 3 N–H and O–H groups in total. The van der Waals surface area contributed by atoms with Crippen molar-refractivity contribution in [2.45, 2.75) is 24.7 Å². The molecule has 0 bridgehead atoms. The lowest BCUT2D eigenvalue weighted by Crippen LogP contribution is -2.51. The van der Waals surface area contributed by atoms with E-state index in [0.29, 0.717) is 0 Å². The number of aliphatic hydroxyl groups is 2. The van der Waals surface area contributed by atoms with E-state index in [-0.39, 0.29) is 6.61 Å². The summed E-state index contributed by atoms with van der Waals surface area (Å²) in [6.45, 7) is 0.981.